The Bertz CT molecular complexity index is 1440. The van der Waals surface area contributed by atoms with Gasteiger partial charge < -0.3 is 10.5 Å². The van der Waals surface area contributed by atoms with Crippen molar-refractivity contribution in [2.24, 2.45) is 0 Å². The molecule has 0 radical (unpaired) electrons. The highest BCUT2D eigenvalue weighted by Crippen LogP contribution is 2.38. The van der Waals surface area contributed by atoms with Gasteiger partial charge in [0, 0.05) is 18.2 Å². The maximum absolute atomic E-state index is 14.3. The number of nitrogens with two attached hydrogens (primary N) is 1. The molecule has 176 valence electrons. The molecule has 34 heavy (non-hydrogen) atoms. The SMILES string of the molecule is Nc1c2c(cc(=O)n1-c1cc(F)c(F)cc1Oc1c(F)cc(C(F)(F)F)cc1F)C(=O)NC2=O. The predicted octanol–water partition coefficient (Wildman–Crippen LogP) is 3.67. The fourth-order valence-electron chi connectivity index (χ4n) is 3.23. The van der Waals surface area contributed by atoms with Crippen LogP contribution in [0.3, 0.4) is 0 Å². The van der Waals surface area contributed by atoms with E-state index in [1.54, 1.807) is 0 Å². The summed E-state index contributed by atoms with van der Waals surface area (Å²) in [6, 6.07) is 1.05. The van der Waals surface area contributed by atoms with Gasteiger partial charge in [-0.1, -0.05) is 0 Å². The van der Waals surface area contributed by atoms with Gasteiger partial charge in [-0.3, -0.25) is 24.3 Å². The lowest BCUT2D eigenvalue weighted by atomic mass is 10.1. The summed E-state index contributed by atoms with van der Waals surface area (Å²) in [5.41, 5.74) is 1.30. The fraction of sp³-hybridized carbons (Fsp3) is 0.0500. The molecular weight excluding hydrogens is 479 g/mol. The number of ether oxygens (including phenoxy) is 1. The molecule has 3 N–H and O–H groups in total. The number of carbonyl (C=O) groups is 2. The van der Waals surface area contributed by atoms with Crippen LogP contribution >= 0.6 is 0 Å². The van der Waals surface area contributed by atoms with Gasteiger partial charge in [0.1, 0.15) is 5.82 Å². The van der Waals surface area contributed by atoms with Crippen molar-refractivity contribution in [3.05, 3.63) is 80.6 Å². The number of anilines is 1. The second-order valence-corrected chi connectivity index (χ2v) is 6.88. The van der Waals surface area contributed by atoms with Crippen molar-refractivity contribution in [1.82, 2.24) is 9.88 Å². The van der Waals surface area contributed by atoms with Crippen LogP contribution in [-0.4, -0.2) is 16.4 Å². The molecule has 2 aromatic carbocycles. The topological polar surface area (TPSA) is 103 Å². The summed E-state index contributed by atoms with van der Waals surface area (Å²) in [5.74, 6) is -12.0. The summed E-state index contributed by atoms with van der Waals surface area (Å²) in [7, 11) is 0. The smallest absolute Gasteiger partial charge is 0.416 e. The van der Waals surface area contributed by atoms with Gasteiger partial charge in [-0.2, -0.15) is 13.2 Å². The van der Waals surface area contributed by atoms with E-state index in [9.17, 15) is 45.1 Å². The van der Waals surface area contributed by atoms with E-state index in [4.69, 9.17) is 10.5 Å². The number of alkyl halides is 3. The molecule has 0 saturated heterocycles. The average Bonchev–Trinajstić information content (AvgIpc) is 3.00. The molecule has 0 saturated carbocycles. The molecule has 1 aliphatic heterocycles. The highest BCUT2D eigenvalue weighted by atomic mass is 19.4. The number of pyridine rings is 1. The molecule has 7 nitrogen and oxygen atoms in total. The number of hydrogen-bond donors (Lipinski definition) is 2. The van der Waals surface area contributed by atoms with E-state index in [1.165, 1.54) is 0 Å². The normalized spacial score (nSPS) is 13.1. The Labute approximate surface area is 183 Å². The quantitative estimate of drug-likeness (QED) is 0.434. The second-order valence-electron chi connectivity index (χ2n) is 6.88. The van der Waals surface area contributed by atoms with Crippen LogP contribution < -0.4 is 21.3 Å². The number of benzene rings is 2. The Morgan fingerprint density at radius 2 is 1.41 bits per heavy atom. The number of nitrogen functional groups attached to an aromatic ring is 1. The highest BCUT2D eigenvalue weighted by molar-refractivity contribution is 6.23. The van der Waals surface area contributed by atoms with Gasteiger partial charge >= 0.3 is 6.18 Å². The zero-order valence-electron chi connectivity index (χ0n) is 16.2. The molecule has 0 fully saturated rings. The maximum Gasteiger partial charge on any atom is 0.416 e. The lowest BCUT2D eigenvalue weighted by molar-refractivity contribution is -0.138. The molecule has 0 aliphatic carbocycles. The van der Waals surface area contributed by atoms with Crippen molar-refractivity contribution in [3.8, 4) is 17.2 Å². The summed E-state index contributed by atoms with van der Waals surface area (Å²) < 4.78 is 100. The number of aromatic nitrogens is 1. The summed E-state index contributed by atoms with van der Waals surface area (Å²) in [6.07, 6.45) is -5.10. The summed E-state index contributed by atoms with van der Waals surface area (Å²) >= 11 is 0. The third kappa shape index (κ3) is 3.62. The van der Waals surface area contributed by atoms with Gasteiger partial charge in [0.2, 0.25) is 0 Å². The van der Waals surface area contributed by atoms with E-state index in [2.05, 4.69) is 0 Å². The minimum atomic E-state index is -5.10. The number of rotatable bonds is 3. The van der Waals surface area contributed by atoms with Crippen molar-refractivity contribution in [2.45, 2.75) is 6.18 Å². The molecule has 1 aromatic heterocycles. The Morgan fingerprint density at radius 3 is 2.00 bits per heavy atom. The first-order chi connectivity index (χ1) is 15.8. The summed E-state index contributed by atoms with van der Waals surface area (Å²) in [5, 5.41) is 1.87. The zero-order chi connectivity index (χ0) is 25.1. The van der Waals surface area contributed by atoms with Gasteiger partial charge in [0.25, 0.3) is 17.4 Å². The van der Waals surface area contributed by atoms with Crippen LogP contribution in [-0.2, 0) is 6.18 Å². The Hall–Kier alpha value is -4.36. The van der Waals surface area contributed by atoms with Crippen LogP contribution in [0.25, 0.3) is 5.69 Å². The number of carbonyl (C=O) groups excluding carboxylic acids is 2. The van der Waals surface area contributed by atoms with Crippen LogP contribution in [0.1, 0.15) is 26.3 Å². The third-order valence-electron chi connectivity index (χ3n) is 4.73. The zero-order valence-corrected chi connectivity index (χ0v) is 16.2. The monoisotopic (exact) mass is 487 g/mol. The first kappa shape index (κ1) is 22.8. The lowest BCUT2D eigenvalue weighted by Gasteiger charge is -2.17. The van der Waals surface area contributed by atoms with Gasteiger partial charge in [0.05, 0.1) is 22.4 Å². The molecule has 0 bridgehead atoms. The highest BCUT2D eigenvalue weighted by Gasteiger charge is 2.34. The minimum absolute atomic E-state index is 0.0934. The van der Waals surface area contributed by atoms with Crippen LogP contribution in [0.15, 0.2) is 35.1 Å². The average molecular weight is 487 g/mol. The number of hydrogen-bond acceptors (Lipinski definition) is 5. The fourth-order valence-corrected chi connectivity index (χ4v) is 3.23. The first-order valence-corrected chi connectivity index (χ1v) is 8.94. The van der Waals surface area contributed by atoms with E-state index in [0.29, 0.717) is 16.7 Å². The number of fused-ring (bicyclic) bond motifs is 1. The number of halogens is 7. The molecule has 0 spiro atoms. The molecule has 2 amide bonds. The third-order valence-corrected chi connectivity index (χ3v) is 4.73. The summed E-state index contributed by atoms with van der Waals surface area (Å²) in [4.78, 5) is 36.4. The molecular formula is C20H8F7N3O4. The van der Waals surface area contributed by atoms with Gasteiger partial charge in [-0.05, 0) is 12.1 Å². The van der Waals surface area contributed by atoms with E-state index in [-0.39, 0.29) is 18.2 Å². The van der Waals surface area contributed by atoms with Crippen LogP contribution in [0.5, 0.6) is 11.5 Å². The Balaban J connectivity index is 1.93. The summed E-state index contributed by atoms with van der Waals surface area (Å²) in [6.45, 7) is 0. The Kier molecular flexibility index (Phi) is 5.10. The van der Waals surface area contributed by atoms with Crippen LogP contribution in [0.2, 0.25) is 0 Å². The minimum Gasteiger partial charge on any atom is -0.449 e. The molecule has 0 atom stereocenters. The molecule has 4 rings (SSSR count). The van der Waals surface area contributed by atoms with Gasteiger partial charge in [-0.15, -0.1) is 0 Å². The van der Waals surface area contributed by atoms with E-state index < -0.39 is 86.5 Å². The standard InChI is InChI=1S/C20H8F7N3O4/c21-8-4-12(30-14(31)3-7-15(17(30)28)19(33)29-18(7)32)13(5-9(8)22)34-16-10(23)1-6(2-11(16)24)20(25,26)27/h1-5H,28H2,(H,29,32,33). The molecule has 1 aliphatic rings. The molecule has 3 aromatic rings. The second kappa shape index (κ2) is 7.60. The van der Waals surface area contributed by atoms with E-state index in [0.717, 1.165) is 0 Å². The number of amides is 2. The molecule has 2 heterocycles. The van der Waals surface area contributed by atoms with E-state index in [1.807, 2.05) is 5.32 Å². The largest absolute Gasteiger partial charge is 0.449 e. The van der Waals surface area contributed by atoms with Crippen LogP contribution in [0.4, 0.5) is 36.6 Å². The maximum atomic E-state index is 14.3. The van der Waals surface area contributed by atoms with Crippen molar-refractivity contribution in [1.29, 1.82) is 0 Å². The lowest BCUT2D eigenvalue weighted by Crippen LogP contribution is -2.24. The van der Waals surface area contributed by atoms with Gasteiger partial charge in [0.15, 0.2) is 34.8 Å². The molecule has 14 heteroatoms. The van der Waals surface area contributed by atoms with Crippen molar-refractivity contribution >= 4 is 17.6 Å². The predicted molar refractivity (Wildman–Crippen MR) is 99.6 cm³/mol. The number of nitrogens with one attached hydrogen (secondary N) is 1. The number of imide groups is 1. The van der Waals surface area contributed by atoms with E-state index >= 15 is 0 Å². The van der Waals surface area contributed by atoms with Gasteiger partial charge in [-0.25, -0.2) is 17.6 Å². The van der Waals surface area contributed by atoms with Crippen molar-refractivity contribution in [2.75, 3.05) is 5.73 Å². The number of nitrogens with zero attached hydrogens (tertiary/aromatic N) is 1. The van der Waals surface area contributed by atoms with Crippen molar-refractivity contribution < 1.29 is 45.1 Å². The molecule has 0 unspecified atom stereocenters. The first-order valence-electron chi connectivity index (χ1n) is 8.94. The van der Waals surface area contributed by atoms with Crippen LogP contribution in [0, 0.1) is 23.3 Å². The Morgan fingerprint density at radius 1 is 0.824 bits per heavy atom. The van der Waals surface area contributed by atoms with Crippen molar-refractivity contribution in [3.63, 3.8) is 0 Å².